The maximum absolute atomic E-state index is 12.0. The van der Waals surface area contributed by atoms with Crippen LogP contribution in [0, 0.1) is 17.8 Å². The Balaban J connectivity index is 1.51. The summed E-state index contributed by atoms with van der Waals surface area (Å²) in [6, 6.07) is 19.3. The van der Waals surface area contributed by atoms with Gasteiger partial charge >= 0.3 is 5.97 Å². The highest BCUT2D eigenvalue weighted by Gasteiger charge is 2.52. The SMILES string of the molecule is CCC(OCOC)c1cc2cccc(-c3ccc(C(=O)OC)cc3)c2cc1C12CC3CC(CC(C3)C1)C2. The number of carbonyl (C=O) groups is 1. The van der Waals surface area contributed by atoms with Crippen LogP contribution in [0.1, 0.15) is 79.5 Å². The van der Waals surface area contributed by atoms with Gasteiger partial charge in [-0.3, -0.25) is 0 Å². The molecule has 37 heavy (non-hydrogen) atoms. The maximum Gasteiger partial charge on any atom is 0.337 e. The Bertz CT molecular complexity index is 1260. The summed E-state index contributed by atoms with van der Waals surface area (Å²) in [4.78, 5) is 12.0. The average Bonchev–Trinajstić information content (AvgIpc) is 2.91. The second-order valence-electron chi connectivity index (χ2n) is 11.7. The Morgan fingerprint density at radius 1 is 0.946 bits per heavy atom. The van der Waals surface area contributed by atoms with Crippen LogP contribution in [0.3, 0.4) is 0 Å². The average molecular weight is 499 g/mol. The van der Waals surface area contributed by atoms with Crippen molar-refractivity contribution in [1.29, 1.82) is 0 Å². The zero-order valence-corrected chi connectivity index (χ0v) is 22.3. The predicted molar refractivity (Wildman–Crippen MR) is 147 cm³/mol. The highest BCUT2D eigenvalue weighted by Crippen LogP contribution is 2.62. The van der Waals surface area contributed by atoms with E-state index in [0.717, 1.165) is 29.7 Å². The molecule has 1 unspecified atom stereocenters. The van der Waals surface area contributed by atoms with Gasteiger partial charge in [-0.15, -0.1) is 0 Å². The highest BCUT2D eigenvalue weighted by atomic mass is 16.7. The van der Waals surface area contributed by atoms with Crippen LogP contribution >= 0.6 is 0 Å². The smallest absolute Gasteiger partial charge is 0.337 e. The van der Waals surface area contributed by atoms with Crippen LogP contribution in [0.25, 0.3) is 21.9 Å². The number of fused-ring (bicyclic) bond motifs is 1. The maximum atomic E-state index is 12.0. The molecule has 194 valence electrons. The minimum absolute atomic E-state index is 0.0235. The molecule has 4 aliphatic carbocycles. The van der Waals surface area contributed by atoms with E-state index in [-0.39, 0.29) is 17.5 Å². The van der Waals surface area contributed by atoms with Crippen molar-refractivity contribution >= 4 is 16.7 Å². The number of ether oxygens (including phenoxy) is 3. The van der Waals surface area contributed by atoms with Crippen LogP contribution < -0.4 is 0 Å². The zero-order chi connectivity index (χ0) is 25.6. The van der Waals surface area contributed by atoms with Crippen molar-refractivity contribution in [1.82, 2.24) is 0 Å². The standard InChI is InChI=1S/C33H38O4/c1-4-31(37-20-35-2)29-15-26-6-5-7-27(24-8-10-25(11-9-24)32(34)36-3)28(26)16-30(29)33-17-21-12-22(18-33)14-23(13-21)19-33/h5-11,15-16,21-23,31H,4,12-14,17-20H2,1-3H3. The van der Waals surface area contributed by atoms with Crippen molar-refractivity contribution in [3.8, 4) is 11.1 Å². The van der Waals surface area contributed by atoms with Crippen molar-refractivity contribution in [2.75, 3.05) is 21.0 Å². The van der Waals surface area contributed by atoms with Gasteiger partial charge in [0.05, 0.1) is 18.8 Å². The lowest BCUT2D eigenvalue weighted by molar-refractivity contribution is -0.0759. The third-order valence-corrected chi connectivity index (χ3v) is 9.38. The van der Waals surface area contributed by atoms with E-state index in [1.54, 1.807) is 7.11 Å². The molecule has 0 aliphatic heterocycles. The topological polar surface area (TPSA) is 44.8 Å². The summed E-state index contributed by atoms with van der Waals surface area (Å²) in [5.74, 6) is 2.31. The molecule has 3 aromatic carbocycles. The summed E-state index contributed by atoms with van der Waals surface area (Å²) < 4.78 is 16.5. The van der Waals surface area contributed by atoms with Gasteiger partial charge in [-0.1, -0.05) is 37.3 Å². The Morgan fingerprint density at radius 3 is 2.22 bits per heavy atom. The molecule has 4 fully saturated rings. The molecule has 4 aliphatic rings. The fourth-order valence-corrected chi connectivity index (χ4v) is 8.24. The number of carbonyl (C=O) groups excluding carboxylic acids is 1. The van der Waals surface area contributed by atoms with Gasteiger partial charge in [-0.05, 0) is 125 Å². The molecule has 4 bridgehead atoms. The van der Waals surface area contributed by atoms with E-state index in [9.17, 15) is 4.79 Å². The molecule has 0 spiro atoms. The monoisotopic (exact) mass is 498 g/mol. The molecule has 0 aromatic heterocycles. The molecule has 4 heteroatoms. The number of rotatable bonds is 8. The molecule has 0 saturated heterocycles. The van der Waals surface area contributed by atoms with E-state index in [1.807, 2.05) is 24.3 Å². The van der Waals surface area contributed by atoms with Gasteiger partial charge in [-0.2, -0.15) is 0 Å². The third-order valence-electron chi connectivity index (χ3n) is 9.38. The normalized spacial score (nSPS) is 26.9. The lowest BCUT2D eigenvalue weighted by Crippen LogP contribution is -2.49. The lowest BCUT2D eigenvalue weighted by atomic mass is 9.47. The predicted octanol–water partition coefficient (Wildman–Crippen LogP) is 7.83. The lowest BCUT2D eigenvalue weighted by Gasteiger charge is -2.57. The van der Waals surface area contributed by atoms with Gasteiger partial charge in [0.15, 0.2) is 0 Å². The van der Waals surface area contributed by atoms with Gasteiger partial charge in [0.1, 0.15) is 6.79 Å². The molecule has 0 amide bonds. The number of hydrogen-bond acceptors (Lipinski definition) is 4. The van der Waals surface area contributed by atoms with Crippen molar-refractivity contribution in [3.63, 3.8) is 0 Å². The summed E-state index contributed by atoms with van der Waals surface area (Å²) in [5.41, 5.74) is 6.02. The summed E-state index contributed by atoms with van der Waals surface area (Å²) in [6.45, 7) is 2.52. The third kappa shape index (κ3) is 4.38. The molecular formula is C33H38O4. The Hall–Kier alpha value is -2.69. The second-order valence-corrected chi connectivity index (χ2v) is 11.7. The second kappa shape index (κ2) is 9.89. The first-order valence-corrected chi connectivity index (χ1v) is 13.9. The van der Waals surface area contributed by atoms with Gasteiger partial charge < -0.3 is 14.2 Å². The zero-order valence-electron chi connectivity index (χ0n) is 22.3. The van der Waals surface area contributed by atoms with Gasteiger partial charge in [0, 0.05) is 7.11 Å². The largest absolute Gasteiger partial charge is 0.465 e. The molecule has 0 N–H and O–H groups in total. The molecule has 3 aromatic rings. The highest BCUT2D eigenvalue weighted by molar-refractivity contribution is 5.98. The first kappa shape index (κ1) is 24.6. The van der Waals surface area contributed by atoms with E-state index >= 15 is 0 Å². The first-order chi connectivity index (χ1) is 18.0. The minimum atomic E-state index is -0.306. The van der Waals surface area contributed by atoms with Crippen LogP contribution in [0.15, 0.2) is 54.6 Å². The van der Waals surface area contributed by atoms with Crippen LogP contribution in [0.4, 0.5) is 0 Å². The molecular weight excluding hydrogens is 460 g/mol. The summed E-state index contributed by atoms with van der Waals surface area (Å²) in [6.07, 6.45) is 9.17. The number of hydrogen-bond donors (Lipinski definition) is 0. The molecule has 0 heterocycles. The van der Waals surface area contributed by atoms with Crippen molar-refractivity contribution in [2.45, 2.75) is 63.4 Å². The molecule has 7 rings (SSSR count). The number of methoxy groups -OCH3 is 2. The van der Waals surface area contributed by atoms with E-state index < -0.39 is 0 Å². The van der Waals surface area contributed by atoms with E-state index in [0.29, 0.717) is 12.4 Å². The van der Waals surface area contributed by atoms with E-state index in [1.165, 1.54) is 73.1 Å². The number of esters is 1. The van der Waals surface area contributed by atoms with Crippen molar-refractivity contribution in [3.05, 3.63) is 71.3 Å². The minimum Gasteiger partial charge on any atom is -0.465 e. The van der Waals surface area contributed by atoms with Crippen molar-refractivity contribution < 1.29 is 19.0 Å². The molecule has 0 radical (unpaired) electrons. The van der Waals surface area contributed by atoms with Gasteiger partial charge in [0.2, 0.25) is 0 Å². The summed E-state index contributed by atoms with van der Waals surface area (Å²) in [5, 5.41) is 2.52. The van der Waals surface area contributed by atoms with Gasteiger partial charge in [-0.25, -0.2) is 4.79 Å². The Morgan fingerprint density at radius 2 is 1.62 bits per heavy atom. The van der Waals surface area contributed by atoms with Gasteiger partial charge in [0.25, 0.3) is 0 Å². The van der Waals surface area contributed by atoms with E-state index in [4.69, 9.17) is 14.2 Å². The summed E-state index contributed by atoms with van der Waals surface area (Å²) >= 11 is 0. The van der Waals surface area contributed by atoms with Crippen molar-refractivity contribution in [2.24, 2.45) is 17.8 Å². The van der Waals surface area contributed by atoms with Crippen LogP contribution in [-0.2, 0) is 19.6 Å². The Labute approximate surface area is 220 Å². The first-order valence-electron chi connectivity index (χ1n) is 13.9. The van der Waals surface area contributed by atoms with Crippen LogP contribution in [-0.4, -0.2) is 27.0 Å². The molecule has 4 nitrogen and oxygen atoms in total. The molecule has 4 saturated carbocycles. The van der Waals surface area contributed by atoms with Crippen LogP contribution in [0.2, 0.25) is 0 Å². The van der Waals surface area contributed by atoms with E-state index in [2.05, 4.69) is 37.3 Å². The number of benzene rings is 3. The quantitative estimate of drug-likeness (QED) is 0.234. The molecule has 1 atom stereocenters. The fourth-order valence-electron chi connectivity index (χ4n) is 8.24. The van der Waals surface area contributed by atoms with Crippen LogP contribution in [0.5, 0.6) is 0 Å². The summed E-state index contributed by atoms with van der Waals surface area (Å²) in [7, 11) is 3.12. The fraction of sp³-hybridized carbons (Fsp3) is 0.485. The Kier molecular flexibility index (Phi) is 6.58.